The molecule has 0 fully saturated rings. The quantitative estimate of drug-likeness (QED) is 0.146. The molecule has 1 nitrogen and oxygen atoms in total. The van der Waals surface area contributed by atoms with Crippen molar-refractivity contribution in [2.75, 3.05) is 11.5 Å². The van der Waals surface area contributed by atoms with Crippen molar-refractivity contribution in [1.29, 1.82) is 0 Å². The van der Waals surface area contributed by atoms with Gasteiger partial charge in [-0.2, -0.15) is 0 Å². The minimum Gasteiger partial charge on any atom is -0.288 e. The van der Waals surface area contributed by atoms with Gasteiger partial charge in [-0.1, -0.05) is 95.5 Å². The van der Waals surface area contributed by atoms with E-state index >= 15 is 0 Å². The van der Waals surface area contributed by atoms with Gasteiger partial charge in [0, 0.05) is 16.5 Å². The number of benzene rings is 1. The van der Waals surface area contributed by atoms with Crippen molar-refractivity contribution in [2.45, 2.75) is 109 Å². The number of hydrogen-bond acceptors (Lipinski definition) is 1. The topological polar surface area (TPSA) is 17.1 Å². The Balaban J connectivity index is 2.61. The number of carbonyl (C=O) groups is 1. The normalized spacial score (nSPS) is 11.9. The van der Waals surface area contributed by atoms with Gasteiger partial charge < -0.3 is 0 Å². The summed E-state index contributed by atoms with van der Waals surface area (Å²) in [6.45, 7) is 8.96. The molecule has 0 aliphatic heterocycles. The Kier molecular flexibility index (Phi) is 13.7. The van der Waals surface area contributed by atoms with Crippen LogP contribution in [0.5, 0.6) is 0 Å². The maximum absolute atomic E-state index is 13.3. The second-order valence-electron chi connectivity index (χ2n) is 8.64. The molecule has 0 aliphatic carbocycles. The highest BCUT2D eigenvalue weighted by Gasteiger charge is 2.44. The zero-order valence-corrected chi connectivity index (χ0v) is 19.9. The van der Waals surface area contributed by atoms with E-state index in [1.165, 1.54) is 88.6 Å². The fourth-order valence-corrected chi connectivity index (χ4v) is 6.50. The summed E-state index contributed by atoms with van der Waals surface area (Å²) in [5.74, 6) is 2.80. The van der Waals surface area contributed by atoms with Gasteiger partial charge in [0.2, 0.25) is 5.78 Å². The van der Waals surface area contributed by atoms with Crippen molar-refractivity contribution in [2.24, 2.45) is 0 Å². The van der Waals surface area contributed by atoms with Crippen LogP contribution in [0.25, 0.3) is 0 Å². The number of carbonyl (C=O) groups excluding carboxylic acids is 1. The average molecular weight is 406 g/mol. The van der Waals surface area contributed by atoms with Crippen LogP contribution >= 0.6 is 0 Å². The molecule has 0 N–H and O–H groups in total. The molecule has 0 unspecified atom stereocenters. The zero-order valence-electron chi connectivity index (χ0n) is 19.1. The van der Waals surface area contributed by atoms with Crippen LogP contribution in [0, 0.1) is 0 Å². The number of rotatable bonds is 17. The number of unbranched alkanes of at least 4 members (excludes halogenated alkanes) is 10. The SMILES string of the molecule is CCCCCCCC[S+](CCCCCCCC)C(C)(C)C(=O)c1ccccc1. The van der Waals surface area contributed by atoms with Gasteiger partial charge in [0.1, 0.15) is 11.5 Å². The molecule has 0 aliphatic rings. The first-order valence-electron chi connectivity index (χ1n) is 11.8. The Hall–Kier alpha value is -0.760. The van der Waals surface area contributed by atoms with Crippen LogP contribution in [0.3, 0.4) is 0 Å². The van der Waals surface area contributed by atoms with Gasteiger partial charge >= 0.3 is 0 Å². The first kappa shape index (κ1) is 25.3. The molecule has 1 rings (SSSR count). The molecule has 0 heterocycles. The Labute approximate surface area is 178 Å². The molecule has 0 atom stereocenters. The Morgan fingerprint density at radius 3 is 1.61 bits per heavy atom. The summed E-state index contributed by atoms with van der Waals surface area (Å²) in [5, 5.41) is 0. The van der Waals surface area contributed by atoms with Crippen LogP contribution < -0.4 is 0 Å². The maximum atomic E-state index is 13.3. The highest BCUT2D eigenvalue weighted by Crippen LogP contribution is 2.28. The molecule has 1 aromatic carbocycles. The zero-order chi connectivity index (χ0) is 20.7. The van der Waals surface area contributed by atoms with E-state index in [9.17, 15) is 4.79 Å². The molecule has 0 saturated heterocycles. The van der Waals surface area contributed by atoms with E-state index in [1.807, 2.05) is 30.3 Å². The van der Waals surface area contributed by atoms with Crippen molar-refractivity contribution in [3.63, 3.8) is 0 Å². The fourth-order valence-electron chi connectivity index (χ4n) is 3.79. The van der Waals surface area contributed by atoms with E-state index in [0.29, 0.717) is 5.78 Å². The smallest absolute Gasteiger partial charge is 0.217 e. The van der Waals surface area contributed by atoms with Crippen LogP contribution in [0.15, 0.2) is 30.3 Å². The van der Waals surface area contributed by atoms with E-state index in [0.717, 1.165) is 5.56 Å². The van der Waals surface area contributed by atoms with Crippen LogP contribution in [0.2, 0.25) is 0 Å². The minimum atomic E-state index is -0.242. The van der Waals surface area contributed by atoms with Crippen LogP contribution in [0.1, 0.15) is 115 Å². The van der Waals surface area contributed by atoms with Gasteiger partial charge in [-0.3, -0.25) is 4.79 Å². The lowest BCUT2D eigenvalue weighted by Gasteiger charge is -2.25. The van der Waals surface area contributed by atoms with Gasteiger partial charge in [0.25, 0.3) is 0 Å². The molecule has 2 heteroatoms. The largest absolute Gasteiger partial charge is 0.288 e. The molecule has 0 spiro atoms. The van der Waals surface area contributed by atoms with Crippen molar-refractivity contribution < 1.29 is 4.79 Å². The standard InChI is InChI=1S/C26H45OS/c1-5-7-9-11-13-18-22-28(23-19-14-12-10-8-6-2)26(3,4)25(27)24-20-16-15-17-21-24/h15-17,20-21H,5-14,18-19,22-23H2,1-4H3/q+1. The lowest BCUT2D eigenvalue weighted by atomic mass is 10.0. The third-order valence-corrected chi connectivity index (χ3v) is 8.98. The lowest BCUT2D eigenvalue weighted by molar-refractivity contribution is 0.0956. The van der Waals surface area contributed by atoms with Gasteiger partial charge in [-0.15, -0.1) is 0 Å². The minimum absolute atomic E-state index is 0.171. The molecular weight excluding hydrogens is 360 g/mol. The fraction of sp³-hybridized carbons (Fsp3) is 0.731. The van der Waals surface area contributed by atoms with Crippen molar-refractivity contribution in [3.05, 3.63) is 35.9 Å². The molecule has 0 bridgehead atoms. The van der Waals surface area contributed by atoms with Crippen LogP contribution in [-0.2, 0) is 10.9 Å². The van der Waals surface area contributed by atoms with E-state index in [2.05, 4.69) is 27.7 Å². The number of hydrogen-bond donors (Lipinski definition) is 0. The van der Waals surface area contributed by atoms with Gasteiger partial charge in [0.05, 0.1) is 0 Å². The molecule has 1 aromatic rings. The molecular formula is C26H45OS+. The second kappa shape index (κ2) is 15.1. The van der Waals surface area contributed by atoms with E-state index < -0.39 is 0 Å². The first-order valence-corrected chi connectivity index (χ1v) is 13.4. The Morgan fingerprint density at radius 2 is 1.14 bits per heavy atom. The molecule has 0 aromatic heterocycles. The third-order valence-electron chi connectivity index (χ3n) is 5.79. The highest BCUT2D eigenvalue weighted by molar-refractivity contribution is 7.98. The second-order valence-corrected chi connectivity index (χ2v) is 11.5. The molecule has 0 saturated carbocycles. The maximum Gasteiger partial charge on any atom is 0.217 e. The summed E-state index contributed by atoms with van der Waals surface area (Å²) >= 11 is 0. The highest BCUT2D eigenvalue weighted by atomic mass is 32.2. The summed E-state index contributed by atoms with van der Waals surface area (Å²) < 4.78 is -0.242. The molecule has 28 heavy (non-hydrogen) atoms. The summed E-state index contributed by atoms with van der Waals surface area (Å²) in [7, 11) is 0.171. The Morgan fingerprint density at radius 1 is 0.714 bits per heavy atom. The Bertz CT molecular complexity index is 492. The third kappa shape index (κ3) is 9.63. The van der Waals surface area contributed by atoms with Crippen molar-refractivity contribution in [3.8, 4) is 0 Å². The summed E-state index contributed by atoms with van der Waals surface area (Å²) in [5.41, 5.74) is 0.885. The van der Waals surface area contributed by atoms with Crippen LogP contribution in [-0.4, -0.2) is 22.0 Å². The van der Waals surface area contributed by atoms with Gasteiger partial charge in [0.15, 0.2) is 4.75 Å². The van der Waals surface area contributed by atoms with Crippen LogP contribution in [0.4, 0.5) is 0 Å². The molecule has 0 radical (unpaired) electrons. The summed E-state index contributed by atoms with van der Waals surface area (Å²) in [6, 6.07) is 9.95. The molecule has 160 valence electrons. The summed E-state index contributed by atoms with van der Waals surface area (Å²) in [6.07, 6.45) is 16.0. The van der Waals surface area contributed by atoms with E-state index in [4.69, 9.17) is 0 Å². The predicted molar refractivity (Wildman–Crippen MR) is 129 cm³/mol. The number of Topliss-reactive ketones (excluding diaryl/α,β-unsaturated/α-hetero) is 1. The van der Waals surface area contributed by atoms with Gasteiger partial charge in [-0.25, -0.2) is 0 Å². The van der Waals surface area contributed by atoms with Crippen molar-refractivity contribution in [1.82, 2.24) is 0 Å². The van der Waals surface area contributed by atoms with Gasteiger partial charge in [-0.05, 0) is 39.5 Å². The predicted octanol–water partition coefficient (Wildman–Crippen LogP) is 7.99. The average Bonchev–Trinajstić information content (AvgIpc) is 2.71. The first-order chi connectivity index (χ1) is 13.5. The van der Waals surface area contributed by atoms with E-state index in [-0.39, 0.29) is 15.6 Å². The lowest BCUT2D eigenvalue weighted by Crippen LogP contribution is -2.44. The monoisotopic (exact) mass is 405 g/mol. The molecule has 0 amide bonds. The van der Waals surface area contributed by atoms with E-state index in [1.54, 1.807) is 0 Å². The summed E-state index contributed by atoms with van der Waals surface area (Å²) in [4.78, 5) is 13.3. The number of ketones is 1. The van der Waals surface area contributed by atoms with Crippen molar-refractivity contribution >= 4 is 16.7 Å².